The van der Waals surface area contributed by atoms with Gasteiger partial charge in [-0.25, -0.2) is 0 Å². The summed E-state index contributed by atoms with van der Waals surface area (Å²) in [5.74, 6) is -0.428. The number of anilines is 2. The van der Waals surface area contributed by atoms with Crippen molar-refractivity contribution in [2.75, 3.05) is 16.8 Å². The van der Waals surface area contributed by atoms with E-state index in [0.717, 1.165) is 47.5 Å². The second-order valence-corrected chi connectivity index (χ2v) is 7.39. The van der Waals surface area contributed by atoms with Gasteiger partial charge in [0.05, 0.1) is 17.3 Å². The van der Waals surface area contributed by atoms with Crippen LogP contribution < -0.4 is 10.2 Å². The molecular weight excluding hydrogens is 338 g/mol. The standard InChI is InChI=1S/C22H23N3O2/c1-14-10-15(2)12-16(11-14)23-21(26)13-25-20-9-4-3-7-19(20)24-18-8-5-6-17(18)22(25)27/h3-4,7,9-12,17H,5-6,8,13H2,1-2H3,(H,23,26)/t17-/m0/s1. The van der Waals surface area contributed by atoms with Crippen molar-refractivity contribution in [2.24, 2.45) is 10.9 Å². The molecule has 1 heterocycles. The number of carbonyl (C=O) groups is 2. The van der Waals surface area contributed by atoms with E-state index < -0.39 is 0 Å². The number of nitrogens with one attached hydrogen (secondary N) is 1. The van der Waals surface area contributed by atoms with Crippen molar-refractivity contribution in [2.45, 2.75) is 33.1 Å². The van der Waals surface area contributed by atoms with E-state index in [1.165, 1.54) is 0 Å². The highest BCUT2D eigenvalue weighted by atomic mass is 16.2. The first kappa shape index (κ1) is 17.5. The molecule has 27 heavy (non-hydrogen) atoms. The smallest absolute Gasteiger partial charge is 0.244 e. The molecule has 1 aliphatic heterocycles. The van der Waals surface area contributed by atoms with Crippen molar-refractivity contribution in [1.82, 2.24) is 0 Å². The van der Waals surface area contributed by atoms with E-state index in [2.05, 4.69) is 11.4 Å². The number of para-hydroxylation sites is 2. The molecule has 138 valence electrons. The zero-order chi connectivity index (χ0) is 19.0. The fraction of sp³-hybridized carbons (Fsp3) is 0.318. The van der Waals surface area contributed by atoms with Crippen LogP contribution in [0.5, 0.6) is 0 Å². The monoisotopic (exact) mass is 361 g/mol. The largest absolute Gasteiger partial charge is 0.325 e. The number of amides is 2. The highest BCUT2D eigenvalue weighted by molar-refractivity contribution is 6.16. The first-order valence-corrected chi connectivity index (χ1v) is 9.37. The summed E-state index contributed by atoms with van der Waals surface area (Å²) in [6.45, 7) is 3.98. The number of hydrogen-bond acceptors (Lipinski definition) is 3. The lowest BCUT2D eigenvalue weighted by molar-refractivity contribution is -0.122. The van der Waals surface area contributed by atoms with Crippen LogP contribution in [-0.4, -0.2) is 24.1 Å². The number of aryl methyl sites for hydroxylation is 2. The van der Waals surface area contributed by atoms with Crippen LogP contribution in [0, 0.1) is 19.8 Å². The van der Waals surface area contributed by atoms with Gasteiger partial charge in [0.1, 0.15) is 6.54 Å². The van der Waals surface area contributed by atoms with Crippen molar-refractivity contribution in [1.29, 1.82) is 0 Å². The third-order valence-electron chi connectivity index (χ3n) is 5.14. The zero-order valence-electron chi connectivity index (χ0n) is 15.7. The Morgan fingerprint density at radius 2 is 1.93 bits per heavy atom. The SMILES string of the molecule is Cc1cc(C)cc(NC(=O)CN2C(=O)[C@H]3CCCC3=Nc3ccccc32)c1. The molecule has 2 aromatic carbocycles. The maximum Gasteiger partial charge on any atom is 0.244 e. The Morgan fingerprint density at radius 1 is 1.19 bits per heavy atom. The minimum Gasteiger partial charge on any atom is -0.325 e. The summed E-state index contributed by atoms with van der Waals surface area (Å²) in [4.78, 5) is 32.2. The van der Waals surface area contributed by atoms with Gasteiger partial charge in [0.25, 0.3) is 0 Å². The Hall–Kier alpha value is -2.95. The Labute approximate surface area is 159 Å². The van der Waals surface area contributed by atoms with Gasteiger partial charge >= 0.3 is 0 Å². The number of rotatable bonds is 3. The lowest BCUT2D eigenvalue weighted by Crippen LogP contribution is -2.41. The highest BCUT2D eigenvalue weighted by Gasteiger charge is 2.37. The van der Waals surface area contributed by atoms with E-state index in [0.29, 0.717) is 5.69 Å². The van der Waals surface area contributed by atoms with E-state index in [9.17, 15) is 9.59 Å². The van der Waals surface area contributed by atoms with Crippen molar-refractivity contribution >= 4 is 34.6 Å². The van der Waals surface area contributed by atoms with Crippen LogP contribution in [0.3, 0.4) is 0 Å². The van der Waals surface area contributed by atoms with Gasteiger partial charge in [-0.2, -0.15) is 0 Å². The molecule has 5 heteroatoms. The molecule has 0 radical (unpaired) electrons. The van der Waals surface area contributed by atoms with E-state index in [1.807, 2.05) is 50.2 Å². The molecule has 2 aliphatic rings. The maximum absolute atomic E-state index is 13.2. The van der Waals surface area contributed by atoms with Crippen molar-refractivity contribution in [3.63, 3.8) is 0 Å². The molecule has 0 saturated heterocycles. The predicted molar refractivity (Wildman–Crippen MR) is 108 cm³/mol. The van der Waals surface area contributed by atoms with Crippen molar-refractivity contribution in [3.05, 3.63) is 53.6 Å². The van der Waals surface area contributed by atoms with Crippen LogP contribution in [-0.2, 0) is 9.59 Å². The Morgan fingerprint density at radius 3 is 2.70 bits per heavy atom. The minimum absolute atomic E-state index is 0.0118. The quantitative estimate of drug-likeness (QED) is 0.892. The number of benzene rings is 2. The Kier molecular flexibility index (Phi) is 4.52. The summed E-state index contributed by atoms with van der Waals surface area (Å²) in [5, 5.41) is 2.93. The number of carbonyl (C=O) groups excluding carboxylic acids is 2. The van der Waals surface area contributed by atoms with Crippen LogP contribution in [0.15, 0.2) is 47.5 Å². The molecule has 1 fully saturated rings. The van der Waals surface area contributed by atoms with Gasteiger partial charge in [0.2, 0.25) is 11.8 Å². The fourth-order valence-electron chi connectivity index (χ4n) is 4.03. The van der Waals surface area contributed by atoms with E-state index in [4.69, 9.17) is 4.99 Å². The first-order valence-electron chi connectivity index (χ1n) is 9.37. The fourth-order valence-corrected chi connectivity index (χ4v) is 4.03. The Bertz CT molecular complexity index is 928. The number of fused-ring (bicyclic) bond motifs is 2. The summed E-state index contributed by atoms with van der Waals surface area (Å²) in [7, 11) is 0. The van der Waals surface area contributed by atoms with Gasteiger partial charge < -0.3 is 10.2 Å². The van der Waals surface area contributed by atoms with E-state index >= 15 is 0 Å². The van der Waals surface area contributed by atoms with Gasteiger partial charge in [0, 0.05) is 11.4 Å². The van der Waals surface area contributed by atoms with Gasteiger partial charge in [0.15, 0.2) is 0 Å². The first-order chi connectivity index (χ1) is 13.0. The topological polar surface area (TPSA) is 61.8 Å². The molecule has 1 N–H and O–H groups in total. The third kappa shape index (κ3) is 3.50. The molecule has 1 aliphatic carbocycles. The van der Waals surface area contributed by atoms with Crippen LogP contribution in [0.1, 0.15) is 30.4 Å². The van der Waals surface area contributed by atoms with Gasteiger partial charge in [-0.1, -0.05) is 18.2 Å². The van der Waals surface area contributed by atoms with Crippen molar-refractivity contribution < 1.29 is 9.59 Å². The molecule has 0 bridgehead atoms. The average Bonchev–Trinajstić information content (AvgIpc) is 3.03. The highest BCUT2D eigenvalue weighted by Crippen LogP contribution is 2.37. The van der Waals surface area contributed by atoms with Crippen LogP contribution in [0.2, 0.25) is 0 Å². The second kappa shape index (κ2) is 6.99. The maximum atomic E-state index is 13.2. The summed E-state index contributed by atoms with van der Waals surface area (Å²) >= 11 is 0. The molecule has 2 amide bonds. The van der Waals surface area contributed by atoms with Crippen LogP contribution in [0.4, 0.5) is 17.1 Å². The van der Waals surface area contributed by atoms with Crippen molar-refractivity contribution in [3.8, 4) is 0 Å². The predicted octanol–water partition coefficient (Wildman–Crippen LogP) is 4.16. The molecule has 0 aromatic heterocycles. The number of hydrogen-bond donors (Lipinski definition) is 1. The molecule has 0 spiro atoms. The third-order valence-corrected chi connectivity index (χ3v) is 5.14. The minimum atomic E-state index is -0.204. The van der Waals surface area contributed by atoms with Gasteiger partial charge in [-0.05, 0) is 68.5 Å². The van der Waals surface area contributed by atoms with E-state index in [1.54, 1.807) is 4.90 Å². The summed E-state index contributed by atoms with van der Waals surface area (Å²) in [6.07, 6.45) is 2.63. The van der Waals surface area contributed by atoms with Crippen LogP contribution in [0.25, 0.3) is 0 Å². The van der Waals surface area contributed by atoms with Gasteiger partial charge in [-0.15, -0.1) is 0 Å². The second-order valence-electron chi connectivity index (χ2n) is 7.39. The lowest BCUT2D eigenvalue weighted by atomic mass is 10.1. The molecule has 1 atom stereocenters. The van der Waals surface area contributed by atoms with Crippen LogP contribution >= 0.6 is 0 Å². The summed E-state index contributed by atoms with van der Waals surface area (Å²) in [5.41, 5.74) is 5.36. The van der Waals surface area contributed by atoms with E-state index in [-0.39, 0.29) is 24.3 Å². The summed E-state index contributed by atoms with van der Waals surface area (Å²) in [6, 6.07) is 13.5. The lowest BCUT2D eigenvalue weighted by Gasteiger charge is -2.24. The molecular formula is C22H23N3O2. The van der Waals surface area contributed by atoms with Gasteiger partial charge in [-0.3, -0.25) is 14.6 Å². The normalized spacial score (nSPS) is 18.4. The number of nitrogens with zero attached hydrogens (tertiary/aromatic N) is 2. The average molecular weight is 361 g/mol. The zero-order valence-corrected chi connectivity index (χ0v) is 15.7. The Balaban J connectivity index is 1.60. The molecule has 0 unspecified atom stereocenters. The number of aliphatic imine (C=N–C) groups is 1. The molecule has 2 aromatic rings. The molecule has 4 rings (SSSR count). The molecule has 5 nitrogen and oxygen atoms in total. The molecule has 1 saturated carbocycles. The summed E-state index contributed by atoms with van der Waals surface area (Å²) < 4.78 is 0.